The van der Waals surface area contributed by atoms with Crippen LogP contribution in [0.15, 0.2) is 66.7 Å². The lowest BCUT2D eigenvalue weighted by molar-refractivity contribution is 0.0978. The molecule has 0 unspecified atom stereocenters. The SMILES string of the molecule is CCc1ccc(C(=O)c2ccc3c(c2)C(=O)c2ccccc2C3=O)cc1. The number of hydrogen-bond acceptors (Lipinski definition) is 3. The van der Waals surface area contributed by atoms with E-state index in [0.29, 0.717) is 33.4 Å². The first-order valence-electron chi connectivity index (χ1n) is 8.56. The Hall–Kier alpha value is -3.33. The molecule has 26 heavy (non-hydrogen) atoms. The van der Waals surface area contributed by atoms with Crippen LogP contribution in [0, 0.1) is 0 Å². The second-order valence-electron chi connectivity index (χ2n) is 6.34. The van der Waals surface area contributed by atoms with E-state index >= 15 is 0 Å². The minimum absolute atomic E-state index is 0.158. The third kappa shape index (κ3) is 2.49. The Bertz CT molecular complexity index is 1060. The van der Waals surface area contributed by atoms with Crippen LogP contribution in [0.4, 0.5) is 0 Å². The van der Waals surface area contributed by atoms with Crippen LogP contribution in [0.5, 0.6) is 0 Å². The van der Waals surface area contributed by atoms with Gasteiger partial charge < -0.3 is 0 Å². The molecule has 3 heteroatoms. The van der Waals surface area contributed by atoms with E-state index in [-0.39, 0.29) is 17.3 Å². The molecule has 0 N–H and O–H groups in total. The van der Waals surface area contributed by atoms with Crippen molar-refractivity contribution in [3.05, 3.63) is 106 Å². The minimum atomic E-state index is -0.216. The largest absolute Gasteiger partial charge is 0.289 e. The Morgan fingerprint density at radius 3 is 1.85 bits per heavy atom. The molecule has 3 aromatic carbocycles. The summed E-state index contributed by atoms with van der Waals surface area (Å²) in [4.78, 5) is 38.2. The molecule has 4 rings (SSSR count). The molecular formula is C23H16O3. The molecule has 1 aliphatic rings. The third-order valence-electron chi connectivity index (χ3n) is 4.81. The summed E-state index contributed by atoms with van der Waals surface area (Å²) in [6.07, 6.45) is 0.906. The van der Waals surface area contributed by atoms with E-state index in [1.54, 1.807) is 54.6 Å². The molecule has 0 bridgehead atoms. The van der Waals surface area contributed by atoms with Crippen LogP contribution >= 0.6 is 0 Å². The first kappa shape index (κ1) is 16.2. The second kappa shape index (κ2) is 6.19. The third-order valence-corrected chi connectivity index (χ3v) is 4.81. The molecule has 3 nitrogen and oxygen atoms in total. The highest BCUT2D eigenvalue weighted by molar-refractivity contribution is 6.29. The molecular weight excluding hydrogens is 324 g/mol. The predicted octanol–water partition coefficient (Wildman–Crippen LogP) is 4.26. The van der Waals surface area contributed by atoms with Gasteiger partial charge in [-0.2, -0.15) is 0 Å². The van der Waals surface area contributed by atoms with Crippen molar-refractivity contribution >= 4 is 17.3 Å². The van der Waals surface area contributed by atoms with Crippen LogP contribution < -0.4 is 0 Å². The smallest absolute Gasteiger partial charge is 0.194 e. The van der Waals surface area contributed by atoms with E-state index in [0.717, 1.165) is 12.0 Å². The number of benzene rings is 3. The summed E-state index contributed by atoms with van der Waals surface area (Å²) < 4.78 is 0. The lowest BCUT2D eigenvalue weighted by atomic mass is 9.83. The molecule has 0 saturated heterocycles. The van der Waals surface area contributed by atoms with Gasteiger partial charge in [0.2, 0.25) is 0 Å². The molecule has 0 aromatic heterocycles. The topological polar surface area (TPSA) is 51.2 Å². The van der Waals surface area contributed by atoms with Crippen molar-refractivity contribution in [3.63, 3.8) is 0 Å². The lowest BCUT2D eigenvalue weighted by Gasteiger charge is -2.17. The van der Waals surface area contributed by atoms with Crippen molar-refractivity contribution in [2.45, 2.75) is 13.3 Å². The molecule has 0 spiro atoms. The minimum Gasteiger partial charge on any atom is -0.289 e. The first-order valence-corrected chi connectivity index (χ1v) is 8.56. The van der Waals surface area contributed by atoms with Gasteiger partial charge in [-0.3, -0.25) is 14.4 Å². The summed E-state index contributed by atoms with van der Waals surface area (Å²) in [5.74, 6) is -0.553. The number of fused-ring (bicyclic) bond motifs is 2. The molecule has 0 atom stereocenters. The average Bonchev–Trinajstić information content (AvgIpc) is 2.71. The Morgan fingerprint density at radius 2 is 1.23 bits per heavy atom. The summed E-state index contributed by atoms with van der Waals surface area (Å²) in [7, 11) is 0. The van der Waals surface area contributed by atoms with Gasteiger partial charge in [-0.15, -0.1) is 0 Å². The normalized spacial score (nSPS) is 12.5. The highest BCUT2D eigenvalue weighted by Crippen LogP contribution is 2.28. The van der Waals surface area contributed by atoms with Gasteiger partial charge in [0, 0.05) is 33.4 Å². The molecule has 0 aliphatic heterocycles. The standard InChI is InChI=1S/C23H16O3/c1-2-14-7-9-15(10-8-14)21(24)16-11-12-19-20(13-16)23(26)18-6-4-3-5-17(18)22(19)25/h3-13H,2H2,1H3. The number of hydrogen-bond donors (Lipinski definition) is 0. The van der Waals surface area contributed by atoms with Crippen LogP contribution in [-0.2, 0) is 6.42 Å². The first-order chi connectivity index (χ1) is 12.6. The Labute approximate surface area is 151 Å². The van der Waals surface area contributed by atoms with Crippen LogP contribution in [0.25, 0.3) is 0 Å². The summed E-state index contributed by atoms with van der Waals surface area (Å²) in [6, 6.07) is 19.0. The fraction of sp³-hybridized carbons (Fsp3) is 0.0870. The van der Waals surface area contributed by atoms with E-state index in [2.05, 4.69) is 6.92 Å². The van der Waals surface area contributed by atoms with Crippen LogP contribution in [0.3, 0.4) is 0 Å². The Kier molecular flexibility index (Phi) is 3.85. The average molecular weight is 340 g/mol. The van der Waals surface area contributed by atoms with E-state index in [1.165, 1.54) is 0 Å². The van der Waals surface area contributed by atoms with Crippen molar-refractivity contribution in [3.8, 4) is 0 Å². The van der Waals surface area contributed by atoms with Gasteiger partial charge in [0.15, 0.2) is 17.3 Å². The number of carbonyl (C=O) groups excluding carboxylic acids is 3. The highest BCUT2D eigenvalue weighted by Gasteiger charge is 2.29. The zero-order valence-electron chi connectivity index (χ0n) is 14.3. The fourth-order valence-electron chi connectivity index (χ4n) is 3.30. The predicted molar refractivity (Wildman–Crippen MR) is 99.0 cm³/mol. The van der Waals surface area contributed by atoms with Crippen molar-refractivity contribution < 1.29 is 14.4 Å². The number of carbonyl (C=O) groups is 3. The summed E-state index contributed by atoms with van der Waals surface area (Å²) in [5.41, 5.74) is 3.59. The molecule has 0 heterocycles. The highest BCUT2D eigenvalue weighted by atomic mass is 16.1. The second-order valence-corrected chi connectivity index (χ2v) is 6.34. The molecule has 0 amide bonds. The van der Waals surface area contributed by atoms with Gasteiger partial charge >= 0.3 is 0 Å². The maximum atomic E-state index is 12.8. The van der Waals surface area contributed by atoms with Crippen molar-refractivity contribution in [1.29, 1.82) is 0 Å². The number of rotatable bonds is 3. The summed E-state index contributed by atoms with van der Waals surface area (Å²) >= 11 is 0. The summed E-state index contributed by atoms with van der Waals surface area (Å²) in [5, 5.41) is 0. The maximum Gasteiger partial charge on any atom is 0.194 e. The van der Waals surface area contributed by atoms with Gasteiger partial charge in [-0.05, 0) is 24.1 Å². The zero-order valence-corrected chi connectivity index (χ0v) is 14.3. The van der Waals surface area contributed by atoms with E-state index < -0.39 is 0 Å². The van der Waals surface area contributed by atoms with E-state index in [9.17, 15) is 14.4 Å². The van der Waals surface area contributed by atoms with Crippen LogP contribution in [0.2, 0.25) is 0 Å². The number of aryl methyl sites for hydroxylation is 1. The lowest BCUT2D eigenvalue weighted by Crippen LogP contribution is -2.21. The van der Waals surface area contributed by atoms with Gasteiger partial charge in [0.1, 0.15) is 0 Å². The molecule has 0 radical (unpaired) electrons. The van der Waals surface area contributed by atoms with Gasteiger partial charge in [0.25, 0.3) is 0 Å². The van der Waals surface area contributed by atoms with Crippen LogP contribution in [-0.4, -0.2) is 17.3 Å². The zero-order chi connectivity index (χ0) is 18.3. The Morgan fingerprint density at radius 1 is 0.692 bits per heavy atom. The summed E-state index contributed by atoms with van der Waals surface area (Å²) in [6.45, 7) is 2.06. The van der Waals surface area contributed by atoms with Crippen molar-refractivity contribution in [2.75, 3.05) is 0 Å². The monoisotopic (exact) mass is 340 g/mol. The molecule has 1 aliphatic carbocycles. The molecule has 0 fully saturated rings. The van der Waals surface area contributed by atoms with Crippen molar-refractivity contribution in [2.24, 2.45) is 0 Å². The van der Waals surface area contributed by atoms with Gasteiger partial charge in [-0.25, -0.2) is 0 Å². The maximum absolute atomic E-state index is 12.8. The number of ketones is 3. The molecule has 0 saturated carbocycles. The van der Waals surface area contributed by atoms with Crippen molar-refractivity contribution in [1.82, 2.24) is 0 Å². The quantitative estimate of drug-likeness (QED) is 0.524. The van der Waals surface area contributed by atoms with Gasteiger partial charge in [0.05, 0.1) is 0 Å². The van der Waals surface area contributed by atoms with Gasteiger partial charge in [-0.1, -0.05) is 61.5 Å². The van der Waals surface area contributed by atoms with E-state index in [1.807, 2.05) is 12.1 Å². The Balaban J connectivity index is 1.76. The molecule has 3 aromatic rings. The van der Waals surface area contributed by atoms with E-state index in [4.69, 9.17) is 0 Å². The van der Waals surface area contributed by atoms with Crippen LogP contribution in [0.1, 0.15) is 60.3 Å². The molecule has 126 valence electrons. The fourth-order valence-corrected chi connectivity index (χ4v) is 3.30.